The topological polar surface area (TPSA) is 24.3 Å². The van der Waals surface area contributed by atoms with Crippen LogP contribution in [-0.2, 0) is 43.3 Å². The van der Waals surface area contributed by atoms with Gasteiger partial charge in [0.15, 0.2) is 0 Å². The molecule has 0 bridgehead atoms. The fourth-order valence-electron chi connectivity index (χ4n) is 17.8. The van der Waals surface area contributed by atoms with E-state index >= 15 is 0 Å². The van der Waals surface area contributed by atoms with Crippen LogP contribution in [-0.4, -0.2) is 16.3 Å². The van der Waals surface area contributed by atoms with E-state index in [-0.39, 0.29) is 50.0 Å². The van der Waals surface area contributed by atoms with E-state index in [2.05, 4.69) is 240 Å². The van der Waals surface area contributed by atoms with Gasteiger partial charge in [-0.05, 0) is 178 Å². The molecule has 4 nitrogen and oxygen atoms in total. The van der Waals surface area contributed by atoms with Gasteiger partial charge in [-0.25, -0.2) is 4.98 Å². The Hall–Kier alpha value is -6.07. The summed E-state index contributed by atoms with van der Waals surface area (Å²) in [5, 5.41) is 2.48. The molecule has 74 heavy (non-hydrogen) atoms. The molecule has 2 aliphatic heterocycles. The van der Waals surface area contributed by atoms with E-state index in [1.807, 2.05) is 0 Å². The van der Waals surface area contributed by atoms with Gasteiger partial charge in [0.1, 0.15) is 11.6 Å². The molecule has 5 heteroatoms. The molecule has 4 aliphatic carbocycles. The second-order valence-corrected chi connectivity index (χ2v) is 29.4. The number of rotatable bonds is 3. The Balaban J connectivity index is 1.17. The number of fused-ring (bicyclic) bond motifs is 11. The van der Waals surface area contributed by atoms with Gasteiger partial charge < -0.3 is 4.90 Å². The molecule has 2 aromatic heterocycles. The molecule has 0 atom stereocenters. The van der Waals surface area contributed by atoms with Gasteiger partial charge in [0.25, 0.3) is 6.71 Å². The highest BCUT2D eigenvalue weighted by Gasteiger charge is 2.52. The summed E-state index contributed by atoms with van der Waals surface area (Å²) in [4.78, 5) is 11.5. The molecule has 14 rings (SSSR count). The lowest BCUT2D eigenvalue weighted by atomic mass is 9.33. The van der Waals surface area contributed by atoms with E-state index in [1.54, 1.807) is 0 Å². The normalized spacial score (nSPS) is 21.5. The zero-order valence-corrected chi connectivity index (χ0v) is 47.2. The molecule has 4 heterocycles. The van der Waals surface area contributed by atoms with Crippen LogP contribution in [0.2, 0.25) is 0 Å². The molecular formula is C69H75BN4. The third kappa shape index (κ3) is 6.07. The van der Waals surface area contributed by atoms with Gasteiger partial charge in [0, 0.05) is 45.3 Å². The number of benzene rings is 6. The third-order valence-electron chi connectivity index (χ3n) is 19.9. The van der Waals surface area contributed by atoms with Gasteiger partial charge in [-0.1, -0.05) is 171 Å². The molecule has 6 aliphatic rings. The molecular weight excluding hydrogens is 896 g/mol. The summed E-state index contributed by atoms with van der Waals surface area (Å²) in [6.45, 7) is 39.4. The van der Waals surface area contributed by atoms with E-state index in [0.717, 1.165) is 37.3 Å². The van der Waals surface area contributed by atoms with Crippen molar-refractivity contribution >= 4 is 79.2 Å². The smallest absolute Gasteiger partial charge is 0.254 e. The van der Waals surface area contributed by atoms with Crippen LogP contribution in [0.3, 0.4) is 0 Å². The summed E-state index contributed by atoms with van der Waals surface area (Å²) >= 11 is 0. The van der Waals surface area contributed by atoms with Crippen molar-refractivity contribution in [3.63, 3.8) is 0 Å². The van der Waals surface area contributed by atoms with Crippen molar-refractivity contribution in [2.45, 2.75) is 180 Å². The maximum Gasteiger partial charge on any atom is 0.254 e. The maximum atomic E-state index is 6.21. The summed E-state index contributed by atoms with van der Waals surface area (Å²) in [6.07, 6.45) is 4.44. The zero-order chi connectivity index (χ0) is 52.0. The Bertz CT molecular complexity index is 3590. The van der Waals surface area contributed by atoms with Crippen molar-refractivity contribution in [1.82, 2.24) is 9.55 Å². The second-order valence-electron chi connectivity index (χ2n) is 29.4. The molecule has 8 aromatic rings. The molecule has 374 valence electrons. The first-order valence-corrected chi connectivity index (χ1v) is 27.9. The van der Waals surface area contributed by atoms with Crippen molar-refractivity contribution in [1.29, 1.82) is 0 Å². The summed E-state index contributed by atoms with van der Waals surface area (Å²) in [7, 11) is 0. The highest BCUT2D eigenvalue weighted by atomic mass is 15.3. The monoisotopic (exact) mass is 971 g/mol. The third-order valence-corrected chi connectivity index (χ3v) is 19.9. The molecule has 6 aromatic carbocycles. The molecule has 0 saturated heterocycles. The molecule has 0 fully saturated rings. The van der Waals surface area contributed by atoms with Crippen molar-refractivity contribution in [3.05, 3.63) is 160 Å². The second kappa shape index (κ2) is 14.0. The van der Waals surface area contributed by atoms with Gasteiger partial charge in [0.2, 0.25) is 0 Å². The first-order valence-electron chi connectivity index (χ1n) is 27.9. The van der Waals surface area contributed by atoms with Gasteiger partial charge in [0.05, 0.1) is 11.0 Å². The van der Waals surface area contributed by atoms with E-state index in [9.17, 15) is 0 Å². The Morgan fingerprint density at radius 3 is 1.18 bits per heavy atom. The van der Waals surface area contributed by atoms with Crippen LogP contribution in [0.5, 0.6) is 0 Å². The van der Waals surface area contributed by atoms with E-state index in [0.29, 0.717) is 0 Å². The number of nitrogens with zero attached hydrogens (tertiary/aromatic N) is 4. The van der Waals surface area contributed by atoms with Gasteiger partial charge in [-0.2, -0.15) is 0 Å². The lowest BCUT2D eigenvalue weighted by Gasteiger charge is -2.45. The minimum absolute atomic E-state index is 0.000775. The number of hydrogen-bond acceptors (Lipinski definition) is 3. The predicted octanol–water partition coefficient (Wildman–Crippen LogP) is 16.1. The van der Waals surface area contributed by atoms with Crippen molar-refractivity contribution in [2.24, 2.45) is 0 Å². The number of anilines is 6. The molecule has 0 spiro atoms. The van der Waals surface area contributed by atoms with Crippen LogP contribution in [0.25, 0.3) is 27.6 Å². The minimum atomic E-state index is -0.0542. The highest BCUT2D eigenvalue weighted by Crippen LogP contribution is 2.58. The van der Waals surface area contributed by atoms with Crippen molar-refractivity contribution in [3.8, 4) is 5.82 Å². The molecule has 0 amide bonds. The number of hydrogen-bond donors (Lipinski definition) is 0. The standard InChI is InChI=1S/C69H75BN4/c1-62(2)36-64(5,6)46-29-40(25-27-44(46)62)72-56-33-50-48(66(9,10)38-68(50,13)14)31-52(56)70-53-32-49-51(69(15,16)39-67(49,11)12)34-57(53)73(41-26-28-45-47(30-41)65(7,8)37-63(45,3)4)61-60(70)58(72)35-59(71-61)74-54-23-19-17-21-42(54)43-22-18-20-24-55(43)74/h17-35H,36-39H2,1-16H3. The molecule has 0 radical (unpaired) electrons. The fourth-order valence-corrected chi connectivity index (χ4v) is 17.8. The molecule has 0 saturated carbocycles. The van der Waals surface area contributed by atoms with Crippen LogP contribution < -0.4 is 26.2 Å². The largest absolute Gasteiger partial charge is 0.311 e. The van der Waals surface area contributed by atoms with Crippen LogP contribution in [0.1, 0.15) is 181 Å². The first-order chi connectivity index (χ1) is 34.6. The SMILES string of the molecule is CC1(C)CC(C)(C)c2cc(N3c4cc5c(cc4B4c6cc7c(cc6N(c6ccc8c(c6)C(C)(C)CC8(C)C)c6nc(-n8c9ccccc9c9ccccc98)cc3c64)C(C)(C)CC7(C)C)C(C)(C)CC5(C)C)ccc21. The Labute approximate surface area is 441 Å². The number of aromatic nitrogens is 2. The first kappa shape index (κ1) is 46.5. The van der Waals surface area contributed by atoms with E-state index < -0.39 is 0 Å². The summed E-state index contributed by atoms with van der Waals surface area (Å²) in [6, 6.07) is 46.0. The predicted molar refractivity (Wildman–Crippen MR) is 315 cm³/mol. The molecule has 0 unspecified atom stereocenters. The van der Waals surface area contributed by atoms with Gasteiger partial charge in [-0.3, -0.25) is 9.47 Å². The van der Waals surface area contributed by atoms with Gasteiger partial charge in [-0.15, -0.1) is 0 Å². The Morgan fingerprint density at radius 1 is 0.365 bits per heavy atom. The van der Waals surface area contributed by atoms with Crippen molar-refractivity contribution < 1.29 is 0 Å². The highest BCUT2D eigenvalue weighted by molar-refractivity contribution is 7.00. The summed E-state index contributed by atoms with van der Waals surface area (Å²) < 4.78 is 2.46. The zero-order valence-electron chi connectivity index (χ0n) is 47.2. The van der Waals surface area contributed by atoms with Gasteiger partial charge >= 0.3 is 0 Å². The van der Waals surface area contributed by atoms with Crippen LogP contribution in [0.15, 0.2) is 115 Å². The average molecular weight is 971 g/mol. The van der Waals surface area contributed by atoms with Crippen LogP contribution >= 0.6 is 0 Å². The average Bonchev–Trinajstić information content (AvgIpc) is 3.94. The van der Waals surface area contributed by atoms with Crippen molar-refractivity contribution in [2.75, 3.05) is 9.80 Å². The quantitative estimate of drug-likeness (QED) is 0.165. The fraction of sp³-hybridized carbons (Fsp3) is 0.406. The minimum Gasteiger partial charge on any atom is -0.311 e. The Morgan fingerprint density at radius 2 is 0.730 bits per heavy atom. The summed E-state index contributed by atoms with van der Waals surface area (Å²) in [5.74, 6) is 1.97. The van der Waals surface area contributed by atoms with Crippen LogP contribution in [0.4, 0.5) is 34.3 Å². The van der Waals surface area contributed by atoms with E-state index in [4.69, 9.17) is 4.98 Å². The number of pyridine rings is 1. The Kier molecular flexibility index (Phi) is 8.82. The summed E-state index contributed by atoms with van der Waals surface area (Å²) in [5.41, 5.74) is 24.7. The lowest BCUT2D eigenvalue weighted by Crippen LogP contribution is -2.62. The maximum absolute atomic E-state index is 6.21. The van der Waals surface area contributed by atoms with E-state index in [1.165, 1.54) is 111 Å². The number of para-hydroxylation sites is 2. The van der Waals surface area contributed by atoms with Crippen LogP contribution in [0, 0.1) is 0 Å². The molecule has 0 N–H and O–H groups in total. The lowest BCUT2D eigenvalue weighted by molar-refractivity contribution is 0.402.